The smallest absolute Gasteiger partial charge is 0.168 e. The van der Waals surface area contributed by atoms with Crippen LogP contribution in [0.4, 0.5) is 4.39 Å². The van der Waals surface area contributed by atoms with Crippen LogP contribution < -0.4 is 0 Å². The maximum Gasteiger partial charge on any atom is 0.168 e. The lowest BCUT2D eigenvalue weighted by Gasteiger charge is -2.16. The second kappa shape index (κ2) is 6.97. The molecule has 3 rings (SSSR count). The first-order valence-electron chi connectivity index (χ1n) is 8.68. The summed E-state index contributed by atoms with van der Waals surface area (Å²) in [7, 11) is 0. The second-order valence-corrected chi connectivity index (χ2v) is 6.64. The van der Waals surface area contributed by atoms with Crippen LogP contribution in [0.5, 0.6) is 0 Å². The maximum absolute atomic E-state index is 15.1. The SMILES string of the molecule is CC=CC1C(CCC)OC(n2cnc3c(C(C)C)ncnc32)C1F. The van der Waals surface area contributed by atoms with E-state index >= 15 is 4.39 Å². The summed E-state index contributed by atoms with van der Waals surface area (Å²) >= 11 is 0. The van der Waals surface area contributed by atoms with Crippen LogP contribution in [0.3, 0.4) is 0 Å². The van der Waals surface area contributed by atoms with Crippen molar-refractivity contribution in [1.29, 1.82) is 0 Å². The number of aromatic nitrogens is 4. The van der Waals surface area contributed by atoms with Crippen molar-refractivity contribution < 1.29 is 9.13 Å². The first kappa shape index (κ1) is 17.0. The number of allylic oxidation sites excluding steroid dienone is 1. The van der Waals surface area contributed by atoms with E-state index in [9.17, 15) is 0 Å². The molecule has 130 valence electrons. The molecule has 0 bridgehead atoms. The van der Waals surface area contributed by atoms with Crippen molar-refractivity contribution in [3.8, 4) is 0 Å². The van der Waals surface area contributed by atoms with E-state index in [-0.39, 0.29) is 17.9 Å². The van der Waals surface area contributed by atoms with E-state index in [2.05, 4.69) is 35.7 Å². The molecule has 1 aliphatic heterocycles. The van der Waals surface area contributed by atoms with Gasteiger partial charge in [0.1, 0.15) is 11.8 Å². The summed E-state index contributed by atoms with van der Waals surface area (Å²) in [5, 5.41) is 0. The van der Waals surface area contributed by atoms with Crippen molar-refractivity contribution in [2.24, 2.45) is 5.92 Å². The molecule has 0 N–H and O–H groups in total. The zero-order valence-corrected chi connectivity index (χ0v) is 14.7. The van der Waals surface area contributed by atoms with E-state index in [1.165, 1.54) is 6.33 Å². The molecule has 3 heterocycles. The number of hydrogen-bond acceptors (Lipinski definition) is 4. The van der Waals surface area contributed by atoms with E-state index in [1.807, 2.05) is 19.1 Å². The van der Waals surface area contributed by atoms with Gasteiger partial charge in [-0.15, -0.1) is 0 Å². The molecular weight excluding hydrogens is 307 g/mol. The topological polar surface area (TPSA) is 52.8 Å². The molecule has 0 spiro atoms. The Bertz CT molecular complexity index is 727. The molecule has 5 nitrogen and oxygen atoms in total. The van der Waals surface area contributed by atoms with E-state index in [4.69, 9.17) is 4.74 Å². The van der Waals surface area contributed by atoms with Gasteiger partial charge in [0.05, 0.1) is 18.1 Å². The van der Waals surface area contributed by atoms with Gasteiger partial charge in [-0.2, -0.15) is 0 Å². The largest absolute Gasteiger partial charge is 0.351 e. The zero-order valence-electron chi connectivity index (χ0n) is 14.7. The van der Waals surface area contributed by atoms with E-state index < -0.39 is 12.4 Å². The van der Waals surface area contributed by atoms with Gasteiger partial charge in [-0.25, -0.2) is 19.3 Å². The summed E-state index contributed by atoms with van der Waals surface area (Å²) < 4.78 is 22.9. The Hall–Kier alpha value is -1.82. The molecule has 1 fully saturated rings. The van der Waals surface area contributed by atoms with Crippen molar-refractivity contribution in [2.75, 3.05) is 0 Å². The van der Waals surface area contributed by atoms with E-state index in [0.717, 1.165) is 24.1 Å². The lowest BCUT2D eigenvalue weighted by molar-refractivity contribution is -0.0201. The molecular formula is C18H25FN4O. The van der Waals surface area contributed by atoms with Crippen molar-refractivity contribution in [1.82, 2.24) is 19.5 Å². The van der Waals surface area contributed by atoms with Crippen molar-refractivity contribution >= 4 is 11.2 Å². The lowest BCUT2D eigenvalue weighted by Crippen LogP contribution is -2.21. The van der Waals surface area contributed by atoms with Gasteiger partial charge in [0.15, 0.2) is 18.0 Å². The van der Waals surface area contributed by atoms with Gasteiger partial charge in [-0.1, -0.05) is 39.3 Å². The average molecular weight is 332 g/mol. The van der Waals surface area contributed by atoms with E-state index in [0.29, 0.717) is 5.65 Å². The third-order valence-corrected chi connectivity index (χ3v) is 4.58. The minimum absolute atomic E-state index is 0.116. The molecule has 24 heavy (non-hydrogen) atoms. The highest BCUT2D eigenvalue weighted by atomic mass is 19.1. The Kier molecular flexibility index (Phi) is 4.94. The fraction of sp³-hybridized carbons (Fsp3) is 0.611. The maximum atomic E-state index is 15.1. The Balaban J connectivity index is 2.00. The summed E-state index contributed by atoms with van der Waals surface area (Å²) in [5.74, 6) is -0.00283. The number of rotatable bonds is 5. The van der Waals surface area contributed by atoms with Crippen molar-refractivity contribution in [3.05, 3.63) is 30.5 Å². The number of halogens is 1. The molecule has 0 saturated carbocycles. The highest BCUT2D eigenvalue weighted by molar-refractivity contribution is 5.73. The second-order valence-electron chi connectivity index (χ2n) is 6.64. The van der Waals surface area contributed by atoms with Gasteiger partial charge in [0.25, 0.3) is 0 Å². The minimum atomic E-state index is -1.12. The van der Waals surface area contributed by atoms with Crippen molar-refractivity contribution in [3.63, 3.8) is 0 Å². The molecule has 2 aromatic rings. The number of ether oxygens (including phenoxy) is 1. The van der Waals surface area contributed by atoms with Gasteiger partial charge >= 0.3 is 0 Å². The molecule has 2 aromatic heterocycles. The van der Waals surface area contributed by atoms with Crippen LogP contribution in [0.1, 0.15) is 58.4 Å². The van der Waals surface area contributed by atoms with Crippen LogP contribution in [0, 0.1) is 5.92 Å². The van der Waals surface area contributed by atoms with Gasteiger partial charge in [-0.3, -0.25) is 4.57 Å². The van der Waals surface area contributed by atoms with Gasteiger partial charge in [0.2, 0.25) is 0 Å². The molecule has 4 atom stereocenters. The van der Waals surface area contributed by atoms with Crippen molar-refractivity contribution in [2.45, 2.75) is 65.0 Å². The number of imidazole rings is 1. The fourth-order valence-corrected chi connectivity index (χ4v) is 3.44. The predicted octanol–water partition coefficient (Wildman–Crippen LogP) is 4.18. The number of nitrogens with zero attached hydrogens (tertiary/aromatic N) is 4. The van der Waals surface area contributed by atoms with Crippen LogP contribution >= 0.6 is 0 Å². The summed E-state index contributed by atoms with van der Waals surface area (Å²) in [6.07, 6.45) is 6.84. The van der Waals surface area contributed by atoms with Crippen LogP contribution in [-0.2, 0) is 4.74 Å². The van der Waals surface area contributed by atoms with Gasteiger partial charge in [0, 0.05) is 5.92 Å². The third kappa shape index (κ3) is 2.83. The summed E-state index contributed by atoms with van der Waals surface area (Å²) in [5.41, 5.74) is 2.24. The predicted molar refractivity (Wildman–Crippen MR) is 91.4 cm³/mol. The molecule has 0 aliphatic carbocycles. The molecule has 1 saturated heterocycles. The highest BCUT2D eigenvalue weighted by Crippen LogP contribution is 2.40. The Labute approximate surface area is 142 Å². The first-order chi connectivity index (χ1) is 11.6. The zero-order chi connectivity index (χ0) is 17.3. The Morgan fingerprint density at radius 2 is 2.12 bits per heavy atom. The van der Waals surface area contributed by atoms with Gasteiger partial charge < -0.3 is 4.74 Å². The average Bonchev–Trinajstić information content (AvgIpc) is 3.11. The minimum Gasteiger partial charge on any atom is -0.351 e. The molecule has 0 aromatic carbocycles. The number of alkyl halides is 1. The first-order valence-corrected chi connectivity index (χ1v) is 8.68. The third-order valence-electron chi connectivity index (χ3n) is 4.58. The number of fused-ring (bicyclic) bond motifs is 1. The fourth-order valence-electron chi connectivity index (χ4n) is 3.44. The standard InChI is InChI=1S/C18H25FN4O/c1-5-7-12-13(8-6-2)24-18(14(12)19)23-10-22-16-15(11(3)4)20-9-21-17(16)23/h5,7,9-14,18H,6,8H2,1-4H3. The number of hydrogen-bond donors (Lipinski definition) is 0. The molecule has 6 heteroatoms. The lowest BCUT2D eigenvalue weighted by atomic mass is 9.95. The molecule has 0 amide bonds. The highest BCUT2D eigenvalue weighted by Gasteiger charge is 2.44. The Morgan fingerprint density at radius 3 is 2.79 bits per heavy atom. The molecule has 4 unspecified atom stereocenters. The molecule has 0 radical (unpaired) electrons. The van der Waals surface area contributed by atoms with Crippen LogP contribution in [-0.4, -0.2) is 31.8 Å². The van der Waals surface area contributed by atoms with Gasteiger partial charge in [-0.05, 0) is 19.3 Å². The molecule has 1 aliphatic rings. The Morgan fingerprint density at radius 1 is 1.33 bits per heavy atom. The quantitative estimate of drug-likeness (QED) is 0.771. The van der Waals surface area contributed by atoms with E-state index in [1.54, 1.807) is 10.9 Å². The normalized spacial score (nSPS) is 27.8. The van der Waals surface area contributed by atoms with Crippen LogP contribution in [0.2, 0.25) is 0 Å². The summed E-state index contributed by atoms with van der Waals surface area (Å²) in [6.45, 7) is 8.12. The summed E-state index contributed by atoms with van der Waals surface area (Å²) in [4.78, 5) is 13.1. The van der Waals surface area contributed by atoms with Crippen LogP contribution in [0.15, 0.2) is 24.8 Å². The summed E-state index contributed by atoms with van der Waals surface area (Å²) in [6, 6.07) is 0. The monoisotopic (exact) mass is 332 g/mol. The van der Waals surface area contributed by atoms with Crippen LogP contribution in [0.25, 0.3) is 11.2 Å².